The number of hydrogen-bond donors (Lipinski definition) is 1. The Morgan fingerprint density at radius 3 is 3.05 bits per heavy atom. The van der Waals surface area contributed by atoms with Crippen LogP contribution in [-0.4, -0.2) is 57.7 Å². The van der Waals surface area contributed by atoms with E-state index in [0.717, 1.165) is 23.9 Å². The fourth-order valence-electron chi connectivity index (χ4n) is 2.49. The largest absolute Gasteiger partial charge is 0.394 e. The van der Waals surface area contributed by atoms with Crippen molar-refractivity contribution in [3.63, 3.8) is 0 Å². The van der Waals surface area contributed by atoms with Gasteiger partial charge in [-0.25, -0.2) is 15.0 Å². The Bertz CT molecular complexity index is 652. The third-order valence-electron chi connectivity index (χ3n) is 3.50. The van der Waals surface area contributed by atoms with Gasteiger partial charge >= 0.3 is 0 Å². The van der Waals surface area contributed by atoms with E-state index in [9.17, 15) is 5.11 Å². The summed E-state index contributed by atoms with van der Waals surface area (Å²) in [5.41, 5.74) is 0.805. The Morgan fingerprint density at radius 2 is 2.33 bits per heavy atom. The van der Waals surface area contributed by atoms with Gasteiger partial charge in [-0.1, -0.05) is 0 Å². The molecular weight excluding hydrogens is 270 g/mol. The van der Waals surface area contributed by atoms with E-state index in [0.29, 0.717) is 5.82 Å². The van der Waals surface area contributed by atoms with E-state index >= 15 is 0 Å². The topological polar surface area (TPSA) is 75.8 Å². The molecule has 0 radical (unpaired) electrons. The Hall–Kier alpha value is -1.99. The maximum Gasteiger partial charge on any atom is 0.166 e. The smallest absolute Gasteiger partial charge is 0.166 e. The number of fused-ring (bicyclic) bond motifs is 1. The Balaban J connectivity index is 1.94. The number of aliphatic imine (C=N–C) groups is 1. The Kier molecular flexibility index (Phi) is 3.85. The molecule has 112 valence electrons. The van der Waals surface area contributed by atoms with Crippen LogP contribution >= 0.6 is 0 Å². The molecule has 7 nitrogen and oxygen atoms in total. The average Bonchev–Trinajstić information content (AvgIpc) is 3.10. The number of ether oxygens (including phenoxy) is 1. The number of aliphatic hydroxyl groups excluding tert-OH is 1. The van der Waals surface area contributed by atoms with Crippen molar-refractivity contribution in [2.45, 2.75) is 25.2 Å². The van der Waals surface area contributed by atoms with Crippen molar-refractivity contribution < 1.29 is 9.84 Å². The normalized spacial score (nSPS) is 22.4. The highest BCUT2D eigenvalue weighted by Gasteiger charge is 2.27. The number of aliphatic hydroxyl groups is 1. The second-order valence-corrected chi connectivity index (χ2v) is 5.34. The highest BCUT2D eigenvalue weighted by molar-refractivity contribution is 5.87. The van der Waals surface area contributed by atoms with E-state index in [1.807, 2.05) is 35.8 Å². The van der Waals surface area contributed by atoms with Gasteiger partial charge in [-0.05, 0) is 18.9 Å². The molecule has 1 unspecified atom stereocenters. The zero-order chi connectivity index (χ0) is 14.8. The van der Waals surface area contributed by atoms with Crippen LogP contribution in [0.1, 0.15) is 19.1 Å². The third-order valence-corrected chi connectivity index (χ3v) is 3.50. The molecule has 1 aliphatic heterocycles. The molecule has 1 aliphatic rings. The molecule has 3 heterocycles. The van der Waals surface area contributed by atoms with Crippen LogP contribution in [0.25, 0.3) is 11.0 Å². The first-order chi connectivity index (χ1) is 10.2. The first-order valence-corrected chi connectivity index (χ1v) is 6.97. The van der Waals surface area contributed by atoms with Gasteiger partial charge in [-0.2, -0.15) is 0 Å². The van der Waals surface area contributed by atoms with E-state index < -0.39 is 0 Å². The van der Waals surface area contributed by atoms with E-state index in [-0.39, 0.29) is 18.9 Å². The molecule has 1 saturated heterocycles. The highest BCUT2D eigenvalue weighted by Crippen LogP contribution is 2.32. The summed E-state index contributed by atoms with van der Waals surface area (Å²) in [6.07, 6.45) is 6.73. The summed E-state index contributed by atoms with van der Waals surface area (Å²) in [5, 5.41) is 10.1. The van der Waals surface area contributed by atoms with E-state index in [4.69, 9.17) is 4.74 Å². The van der Waals surface area contributed by atoms with E-state index in [1.54, 1.807) is 6.34 Å². The van der Waals surface area contributed by atoms with E-state index in [2.05, 4.69) is 15.0 Å². The van der Waals surface area contributed by atoms with Crippen molar-refractivity contribution in [2.75, 3.05) is 20.7 Å². The van der Waals surface area contributed by atoms with Gasteiger partial charge in [-0.3, -0.25) is 0 Å². The maximum absolute atomic E-state index is 9.18. The lowest BCUT2D eigenvalue weighted by Crippen LogP contribution is -2.14. The van der Waals surface area contributed by atoms with Crippen molar-refractivity contribution in [3.05, 3.63) is 18.6 Å². The van der Waals surface area contributed by atoms with Gasteiger partial charge in [0.05, 0.1) is 24.4 Å². The van der Waals surface area contributed by atoms with Crippen LogP contribution in [-0.2, 0) is 4.74 Å². The molecule has 21 heavy (non-hydrogen) atoms. The standard InChI is InChI=1S/C14H19N5O2/c1-18(2)9-17-13-11-5-6-19(14(11)16-8-15-13)12-4-3-10(7-20)21-12/h5-6,8-10,12,20H,3-4,7H2,1-2H3/b17-9+/t10-,12?/m0/s1. The SMILES string of the molecule is CN(C)/C=N/c1ncnc2c1ccn2C1CC[C@@H](CO)O1. The van der Waals surface area contributed by atoms with Crippen LogP contribution < -0.4 is 0 Å². The fraction of sp³-hybridized carbons (Fsp3) is 0.500. The third kappa shape index (κ3) is 2.74. The number of aromatic nitrogens is 3. The summed E-state index contributed by atoms with van der Waals surface area (Å²) >= 11 is 0. The van der Waals surface area contributed by atoms with Crippen molar-refractivity contribution in [1.29, 1.82) is 0 Å². The minimum Gasteiger partial charge on any atom is -0.394 e. The molecule has 2 aromatic rings. The van der Waals surface area contributed by atoms with Gasteiger partial charge in [0.15, 0.2) is 5.82 Å². The molecule has 0 aliphatic carbocycles. The maximum atomic E-state index is 9.18. The number of rotatable bonds is 4. The number of hydrogen-bond acceptors (Lipinski definition) is 5. The zero-order valence-corrected chi connectivity index (χ0v) is 12.2. The van der Waals surface area contributed by atoms with Crippen molar-refractivity contribution in [3.8, 4) is 0 Å². The van der Waals surface area contributed by atoms with Crippen molar-refractivity contribution >= 4 is 23.2 Å². The molecule has 2 atom stereocenters. The molecule has 7 heteroatoms. The van der Waals surface area contributed by atoms with Crippen molar-refractivity contribution in [2.24, 2.45) is 4.99 Å². The summed E-state index contributed by atoms with van der Waals surface area (Å²) < 4.78 is 7.79. The van der Waals surface area contributed by atoms with Crippen molar-refractivity contribution in [1.82, 2.24) is 19.4 Å². The molecule has 1 N–H and O–H groups in total. The first-order valence-electron chi connectivity index (χ1n) is 6.97. The van der Waals surface area contributed by atoms with Crippen LogP contribution in [0.4, 0.5) is 5.82 Å². The van der Waals surface area contributed by atoms with Gasteiger partial charge < -0.3 is 19.3 Å². The fourth-order valence-corrected chi connectivity index (χ4v) is 2.49. The predicted octanol–water partition coefficient (Wildman–Crippen LogP) is 1.32. The van der Waals surface area contributed by atoms with Crippen LogP contribution in [0.3, 0.4) is 0 Å². The van der Waals surface area contributed by atoms with Crippen LogP contribution in [0.2, 0.25) is 0 Å². The zero-order valence-electron chi connectivity index (χ0n) is 12.2. The van der Waals surface area contributed by atoms with Crippen LogP contribution in [0.15, 0.2) is 23.6 Å². The molecule has 0 aromatic carbocycles. The lowest BCUT2D eigenvalue weighted by Gasteiger charge is -2.14. The van der Waals surface area contributed by atoms with Gasteiger partial charge in [0.1, 0.15) is 18.2 Å². The molecule has 0 bridgehead atoms. The molecular formula is C14H19N5O2. The van der Waals surface area contributed by atoms with Gasteiger partial charge in [0, 0.05) is 20.3 Å². The van der Waals surface area contributed by atoms with Crippen LogP contribution in [0, 0.1) is 0 Å². The first kappa shape index (κ1) is 14.0. The molecule has 0 spiro atoms. The Labute approximate surface area is 122 Å². The number of nitrogens with zero attached hydrogens (tertiary/aromatic N) is 5. The predicted molar refractivity (Wildman–Crippen MR) is 79.6 cm³/mol. The minimum atomic E-state index is -0.0831. The second-order valence-electron chi connectivity index (χ2n) is 5.34. The van der Waals surface area contributed by atoms with Gasteiger partial charge in [0.2, 0.25) is 0 Å². The highest BCUT2D eigenvalue weighted by atomic mass is 16.5. The lowest BCUT2D eigenvalue weighted by atomic mass is 10.2. The molecule has 0 amide bonds. The minimum absolute atomic E-state index is 0.0586. The summed E-state index contributed by atoms with van der Waals surface area (Å²) in [6, 6.07) is 1.95. The molecule has 3 rings (SSSR count). The average molecular weight is 289 g/mol. The van der Waals surface area contributed by atoms with Crippen LogP contribution in [0.5, 0.6) is 0 Å². The monoisotopic (exact) mass is 289 g/mol. The molecule has 0 saturated carbocycles. The van der Waals surface area contributed by atoms with Gasteiger partial charge in [0.25, 0.3) is 0 Å². The Morgan fingerprint density at radius 1 is 1.48 bits per heavy atom. The quantitative estimate of drug-likeness (QED) is 0.678. The lowest BCUT2D eigenvalue weighted by molar-refractivity contribution is -0.0204. The van der Waals surface area contributed by atoms with Gasteiger partial charge in [-0.15, -0.1) is 0 Å². The summed E-state index contributed by atoms with van der Waals surface area (Å²) in [6.45, 7) is 0.0586. The molecule has 1 fully saturated rings. The second kappa shape index (κ2) is 5.79. The van der Waals surface area contributed by atoms with E-state index in [1.165, 1.54) is 6.33 Å². The summed E-state index contributed by atoms with van der Waals surface area (Å²) in [5.74, 6) is 0.643. The molecule has 2 aromatic heterocycles. The summed E-state index contributed by atoms with van der Waals surface area (Å²) in [7, 11) is 3.82. The summed E-state index contributed by atoms with van der Waals surface area (Å²) in [4.78, 5) is 14.8.